The number of aliphatic hydroxyl groups excluding tert-OH is 1. The van der Waals surface area contributed by atoms with Gasteiger partial charge in [0.2, 0.25) is 0 Å². The summed E-state index contributed by atoms with van der Waals surface area (Å²) in [6, 6.07) is 6.44. The molecule has 0 aliphatic heterocycles. The van der Waals surface area contributed by atoms with Crippen LogP contribution in [0.25, 0.3) is 0 Å². The first-order valence-electron chi connectivity index (χ1n) is 7.81. The number of ketones is 1. The molecule has 0 heterocycles. The molecule has 116 valence electrons. The molecule has 0 radical (unpaired) electrons. The molecule has 0 saturated heterocycles. The van der Waals surface area contributed by atoms with E-state index in [0.29, 0.717) is 18.7 Å². The zero-order valence-electron chi connectivity index (χ0n) is 12.6. The molecule has 4 heteroatoms. The van der Waals surface area contributed by atoms with Crippen LogP contribution in [0.15, 0.2) is 24.3 Å². The number of phenols is 1. The molecule has 4 nitrogen and oxygen atoms in total. The van der Waals surface area contributed by atoms with Crippen molar-refractivity contribution in [1.29, 1.82) is 0 Å². The fourth-order valence-corrected chi connectivity index (χ4v) is 2.85. The molecule has 0 aromatic heterocycles. The summed E-state index contributed by atoms with van der Waals surface area (Å²) in [5.74, 6) is 0.629. The normalized spacial score (nSPS) is 22.6. The highest BCUT2D eigenvalue weighted by Crippen LogP contribution is 2.22. The van der Waals surface area contributed by atoms with E-state index in [9.17, 15) is 15.0 Å². The van der Waals surface area contributed by atoms with Crippen LogP contribution in [-0.4, -0.2) is 28.6 Å². The van der Waals surface area contributed by atoms with Crippen molar-refractivity contribution in [3.63, 3.8) is 0 Å². The van der Waals surface area contributed by atoms with E-state index in [1.54, 1.807) is 24.3 Å². The summed E-state index contributed by atoms with van der Waals surface area (Å²) in [6.07, 6.45) is 4.28. The van der Waals surface area contributed by atoms with Crippen molar-refractivity contribution in [3.8, 4) is 5.75 Å². The second-order valence-corrected chi connectivity index (χ2v) is 6.00. The van der Waals surface area contributed by atoms with Gasteiger partial charge in [0, 0.05) is 24.9 Å². The number of hydrogen-bond acceptors (Lipinski definition) is 4. The summed E-state index contributed by atoms with van der Waals surface area (Å²) in [4.78, 5) is 12.0. The topological polar surface area (TPSA) is 69.6 Å². The number of aliphatic hydroxyl groups is 1. The quantitative estimate of drug-likeness (QED) is 0.729. The summed E-state index contributed by atoms with van der Waals surface area (Å²) < 4.78 is 0. The van der Waals surface area contributed by atoms with E-state index in [1.165, 1.54) is 0 Å². The van der Waals surface area contributed by atoms with Crippen molar-refractivity contribution in [1.82, 2.24) is 5.32 Å². The Kier molecular flexibility index (Phi) is 5.76. The third kappa shape index (κ3) is 4.55. The minimum absolute atomic E-state index is 0.0852. The van der Waals surface area contributed by atoms with Gasteiger partial charge in [-0.3, -0.25) is 4.79 Å². The van der Waals surface area contributed by atoms with Crippen molar-refractivity contribution in [2.24, 2.45) is 5.92 Å². The molecule has 0 amide bonds. The van der Waals surface area contributed by atoms with Gasteiger partial charge in [-0.2, -0.15) is 0 Å². The lowest BCUT2D eigenvalue weighted by Crippen LogP contribution is -2.37. The lowest BCUT2D eigenvalue weighted by Gasteiger charge is -2.23. The molecular weight excluding hydrogens is 266 g/mol. The first-order valence-corrected chi connectivity index (χ1v) is 7.81. The third-order valence-electron chi connectivity index (χ3n) is 4.33. The fraction of sp³-hybridized carbons (Fsp3) is 0.588. The van der Waals surface area contributed by atoms with E-state index in [1.807, 2.05) is 6.92 Å². The number of benzene rings is 1. The molecule has 1 aliphatic carbocycles. The van der Waals surface area contributed by atoms with Gasteiger partial charge in [0.25, 0.3) is 0 Å². The largest absolute Gasteiger partial charge is 0.508 e. The Bertz CT molecular complexity index is 458. The Labute approximate surface area is 126 Å². The molecule has 2 rings (SSSR count). The van der Waals surface area contributed by atoms with Crippen LogP contribution >= 0.6 is 0 Å². The lowest BCUT2D eigenvalue weighted by molar-refractivity contribution is -0.122. The van der Waals surface area contributed by atoms with E-state index >= 15 is 0 Å². The maximum absolute atomic E-state index is 12.0. The third-order valence-corrected chi connectivity index (χ3v) is 4.33. The summed E-state index contributed by atoms with van der Waals surface area (Å²) >= 11 is 0. The molecule has 1 aromatic carbocycles. The number of carbonyl (C=O) groups is 1. The number of rotatable bonds is 5. The number of nitrogens with one attached hydrogen (secondary N) is 1. The van der Waals surface area contributed by atoms with Gasteiger partial charge in [0.05, 0.1) is 6.10 Å². The van der Waals surface area contributed by atoms with Crippen LogP contribution < -0.4 is 5.32 Å². The lowest BCUT2D eigenvalue weighted by atomic mass is 9.97. The first kappa shape index (κ1) is 16.0. The van der Waals surface area contributed by atoms with E-state index in [-0.39, 0.29) is 17.7 Å². The van der Waals surface area contributed by atoms with Crippen LogP contribution in [-0.2, 0) is 4.79 Å². The van der Waals surface area contributed by atoms with Crippen LogP contribution in [0.2, 0.25) is 0 Å². The van der Waals surface area contributed by atoms with E-state index in [4.69, 9.17) is 0 Å². The predicted molar refractivity (Wildman–Crippen MR) is 82.1 cm³/mol. The first-order chi connectivity index (χ1) is 10.1. The number of phenolic OH excluding ortho intramolecular Hbond substituents is 1. The monoisotopic (exact) mass is 291 g/mol. The van der Waals surface area contributed by atoms with Crippen molar-refractivity contribution in [3.05, 3.63) is 29.8 Å². The van der Waals surface area contributed by atoms with Gasteiger partial charge in [-0.05, 0) is 37.5 Å². The summed E-state index contributed by atoms with van der Waals surface area (Å²) in [5.41, 5.74) is 0.764. The number of aromatic hydroxyl groups is 1. The van der Waals surface area contributed by atoms with Crippen LogP contribution in [0.1, 0.15) is 50.7 Å². The maximum atomic E-state index is 12.0. The number of hydrogen-bond donors (Lipinski definition) is 3. The van der Waals surface area contributed by atoms with Gasteiger partial charge < -0.3 is 15.5 Å². The minimum Gasteiger partial charge on any atom is -0.508 e. The van der Waals surface area contributed by atoms with Crippen LogP contribution in [0.3, 0.4) is 0 Å². The van der Waals surface area contributed by atoms with Gasteiger partial charge in [-0.1, -0.05) is 25.0 Å². The molecule has 0 bridgehead atoms. The summed E-state index contributed by atoms with van der Waals surface area (Å²) in [5, 5.41) is 22.9. The highest BCUT2D eigenvalue weighted by molar-refractivity contribution is 5.81. The van der Waals surface area contributed by atoms with Crippen LogP contribution in [0, 0.1) is 5.92 Å². The Morgan fingerprint density at radius 2 is 1.95 bits per heavy atom. The van der Waals surface area contributed by atoms with Crippen LogP contribution in [0.5, 0.6) is 5.75 Å². The fourth-order valence-electron chi connectivity index (χ4n) is 2.85. The van der Waals surface area contributed by atoms with Crippen molar-refractivity contribution in [2.45, 2.75) is 51.2 Å². The average molecular weight is 291 g/mol. The second kappa shape index (κ2) is 7.57. The van der Waals surface area contributed by atoms with Gasteiger partial charge in [0.1, 0.15) is 11.5 Å². The Balaban J connectivity index is 1.86. The van der Waals surface area contributed by atoms with E-state index in [2.05, 4.69) is 5.32 Å². The Hall–Kier alpha value is -1.39. The summed E-state index contributed by atoms with van der Waals surface area (Å²) in [7, 11) is 0. The zero-order chi connectivity index (χ0) is 15.2. The second-order valence-electron chi connectivity index (χ2n) is 6.00. The molecular formula is C17H25NO3. The van der Waals surface area contributed by atoms with Crippen molar-refractivity contribution in [2.75, 3.05) is 6.54 Å². The average Bonchev–Trinajstić information content (AvgIpc) is 2.69. The Morgan fingerprint density at radius 1 is 1.24 bits per heavy atom. The van der Waals surface area contributed by atoms with Gasteiger partial charge in [0.15, 0.2) is 0 Å². The highest BCUT2D eigenvalue weighted by atomic mass is 16.3. The molecule has 21 heavy (non-hydrogen) atoms. The Morgan fingerprint density at radius 3 is 2.67 bits per heavy atom. The van der Waals surface area contributed by atoms with Crippen LogP contribution in [0.4, 0.5) is 0 Å². The summed E-state index contributed by atoms with van der Waals surface area (Å²) in [6.45, 7) is 2.55. The zero-order valence-corrected chi connectivity index (χ0v) is 12.6. The minimum atomic E-state index is -0.647. The molecule has 3 unspecified atom stereocenters. The molecule has 1 saturated carbocycles. The molecule has 1 fully saturated rings. The molecule has 1 aliphatic rings. The standard InChI is InChI=1S/C17H25NO3/c1-12(17(21)13-7-9-15(19)10-8-13)18-11-14-5-3-2-4-6-16(14)20/h7-10,12,14,17-19,21H,2-6,11H2,1H3. The number of carbonyl (C=O) groups excluding carboxylic acids is 1. The molecule has 3 N–H and O–H groups in total. The maximum Gasteiger partial charge on any atom is 0.137 e. The molecule has 0 spiro atoms. The smallest absolute Gasteiger partial charge is 0.137 e. The molecule has 3 atom stereocenters. The van der Waals surface area contributed by atoms with Gasteiger partial charge in [-0.15, -0.1) is 0 Å². The van der Waals surface area contributed by atoms with E-state index in [0.717, 1.165) is 31.2 Å². The van der Waals surface area contributed by atoms with Crippen molar-refractivity contribution >= 4 is 5.78 Å². The molecule has 1 aromatic rings. The number of Topliss-reactive ketones (excluding diaryl/α,β-unsaturated/α-hetero) is 1. The van der Waals surface area contributed by atoms with Gasteiger partial charge >= 0.3 is 0 Å². The predicted octanol–water partition coefficient (Wildman–Crippen LogP) is 2.55. The van der Waals surface area contributed by atoms with E-state index < -0.39 is 6.10 Å². The van der Waals surface area contributed by atoms with Gasteiger partial charge in [-0.25, -0.2) is 0 Å². The highest BCUT2D eigenvalue weighted by Gasteiger charge is 2.23. The van der Waals surface area contributed by atoms with Crippen molar-refractivity contribution < 1.29 is 15.0 Å². The SMILES string of the molecule is CC(NCC1CCCCCC1=O)C(O)c1ccc(O)cc1.